The Balaban J connectivity index is 2.57. The second kappa shape index (κ2) is 7.01. The standard InChI is InChI=1S/C13H16ClNO3/c1-2-4-11(13(17)18)15-12(16)8-9-5-3-6-10(14)7-9/h3,5-7,11H,2,4,8H2,1H3,(H,15,16)(H,17,18)/t11-/m0/s1. The second-order valence-electron chi connectivity index (χ2n) is 4.05. The third-order valence-electron chi connectivity index (χ3n) is 2.46. The fourth-order valence-electron chi connectivity index (χ4n) is 1.62. The number of aliphatic carboxylic acids is 1. The number of amides is 1. The van der Waals surface area contributed by atoms with E-state index in [-0.39, 0.29) is 12.3 Å². The average molecular weight is 270 g/mol. The maximum Gasteiger partial charge on any atom is 0.326 e. The van der Waals surface area contributed by atoms with Gasteiger partial charge < -0.3 is 10.4 Å². The predicted octanol–water partition coefficient (Wildman–Crippen LogP) is 2.25. The summed E-state index contributed by atoms with van der Waals surface area (Å²) in [6.07, 6.45) is 1.26. The number of hydrogen-bond donors (Lipinski definition) is 2. The number of carboxylic acid groups (broad SMARTS) is 1. The minimum absolute atomic E-state index is 0.133. The van der Waals surface area contributed by atoms with Crippen molar-refractivity contribution in [2.24, 2.45) is 0 Å². The maximum absolute atomic E-state index is 11.7. The van der Waals surface area contributed by atoms with E-state index in [1.807, 2.05) is 6.92 Å². The van der Waals surface area contributed by atoms with E-state index in [0.717, 1.165) is 5.56 Å². The first-order chi connectivity index (χ1) is 8.52. The molecule has 0 bridgehead atoms. The normalized spacial score (nSPS) is 11.9. The van der Waals surface area contributed by atoms with Gasteiger partial charge in [0, 0.05) is 5.02 Å². The Kier molecular flexibility index (Phi) is 5.65. The van der Waals surface area contributed by atoms with Gasteiger partial charge in [0.25, 0.3) is 0 Å². The quantitative estimate of drug-likeness (QED) is 0.832. The van der Waals surface area contributed by atoms with Gasteiger partial charge in [-0.25, -0.2) is 4.79 Å². The van der Waals surface area contributed by atoms with Crippen LogP contribution >= 0.6 is 11.6 Å². The van der Waals surface area contributed by atoms with E-state index in [9.17, 15) is 9.59 Å². The van der Waals surface area contributed by atoms with Crippen LogP contribution in [0.1, 0.15) is 25.3 Å². The highest BCUT2D eigenvalue weighted by Gasteiger charge is 2.18. The third kappa shape index (κ3) is 4.75. The zero-order chi connectivity index (χ0) is 13.5. The molecule has 0 saturated carbocycles. The summed E-state index contributed by atoms with van der Waals surface area (Å²) in [5.41, 5.74) is 0.764. The predicted molar refractivity (Wildman–Crippen MR) is 69.6 cm³/mol. The van der Waals surface area contributed by atoms with Gasteiger partial charge in [0.15, 0.2) is 0 Å². The summed E-state index contributed by atoms with van der Waals surface area (Å²) in [6, 6.07) is 6.13. The van der Waals surface area contributed by atoms with Crippen LogP contribution in [0.4, 0.5) is 0 Å². The third-order valence-corrected chi connectivity index (χ3v) is 2.70. The first kappa shape index (κ1) is 14.5. The van der Waals surface area contributed by atoms with Crippen LogP contribution < -0.4 is 5.32 Å². The average Bonchev–Trinajstić information content (AvgIpc) is 2.28. The summed E-state index contributed by atoms with van der Waals surface area (Å²) < 4.78 is 0. The zero-order valence-electron chi connectivity index (χ0n) is 10.1. The number of rotatable bonds is 6. The molecule has 4 nitrogen and oxygen atoms in total. The van der Waals surface area contributed by atoms with E-state index in [2.05, 4.69) is 5.32 Å². The molecule has 0 spiro atoms. The van der Waals surface area contributed by atoms with Gasteiger partial charge in [-0.1, -0.05) is 37.1 Å². The SMILES string of the molecule is CCC[C@H](NC(=O)Cc1cccc(Cl)c1)C(=O)O. The molecule has 1 aromatic carbocycles. The minimum atomic E-state index is -1.00. The van der Waals surface area contributed by atoms with Crippen molar-refractivity contribution < 1.29 is 14.7 Å². The molecule has 0 aliphatic carbocycles. The summed E-state index contributed by atoms with van der Waals surface area (Å²) in [7, 11) is 0. The zero-order valence-corrected chi connectivity index (χ0v) is 10.9. The molecule has 18 heavy (non-hydrogen) atoms. The van der Waals surface area contributed by atoms with Gasteiger partial charge in [-0.15, -0.1) is 0 Å². The molecule has 0 aliphatic rings. The highest BCUT2D eigenvalue weighted by molar-refractivity contribution is 6.30. The van der Waals surface area contributed by atoms with E-state index in [4.69, 9.17) is 16.7 Å². The number of carbonyl (C=O) groups excluding carboxylic acids is 1. The van der Waals surface area contributed by atoms with Crippen LogP contribution in [-0.4, -0.2) is 23.0 Å². The molecule has 1 rings (SSSR count). The van der Waals surface area contributed by atoms with Crippen LogP contribution in [0.15, 0.2) is 24.3 Å². The van der Waals surface area contributed by atoms with Crippen molar-refractivity contribution in [1.29, 1.82) is 0 Å². The van der Waals surface area contributed by atoms with Crippen LogP contribution in [0.2, 0.25) is 5.02 Å². The Bertz CT molecular complexity index is 434. The molecular formula is C13H16ClNO3. The Morgan fingerprint density at radius 3 is 2.72 bits per heavy atom. The molecule has 1 aromatic rings. The summed E-state index contributed by atoms with van der Waals surface area (Å²) in [6.45, 7) is 1.87. The molecule has 0 unspecified atom stereocenters. The Labute approximate surface area is 111 Å². The summed E-state index contributed by atoms with van der Waals surface area (Å²) in [5, 5.41) is 12.0. The van der Waals surface area contributed by atoms with Crippen LogP contribution in [-0.2, 0) is 16.0 Å². The Morgan fingerprint density at radius 1 is 1.44 bits per heavy atom. The first-order valence-corrected chi connectivity index (χ1v) is 6.17. The lowest BCUT2D eigenvalue weighted by molar-refractivity contribution is -0.141. The molecular weight excluding hydrogens is 254 g/mol. The summed E-state index contributed by atoms with van der Waals surface area (Å²) >= 11 is 5.81. The van der Waals surface area contributed by atoms with Gasteiger partial charge in [0.1, 0.15) is 6.04 Å². The van der Waals surface area contributed by atoms with Crippen molar-refractivity contribution in [3.63, 3.8) is 0 Å². The van der Waals surface area contributed by atoms with E-state index in [1.165, 1.54) is 0 Å². The van der Waals surface area contributed by atoms with Gasteiger partial charge >= 0.3 is 5.97 Å². The Hall–Kier alpha value is -1.55. The van der Waals surface area contributed by atoms with Gasteiger partial charge in [-0.3, -0.25) is 4.79 Å². The molecule has 0 aromatic heterocycles. The minimum Gasteiger partial charge on any atom is -0.480 e. The highest BCUT2D eigenvalue weighted by Crippen LogP contribution is 2.11. The van der Waals surface area contributed by atoms with Crippen molar-refractivity contribution in [2.75, 3.05) is 0 Å². The Morgan fingerprint density at radius 2 is 2.17 bits per heavy atom. The van der Waals surface area contributed by atoms with Gasteiger partial charge in [-0.2, -0.15) is 0 Å². The molecule has 1 atom stereocenters. The molecule has 0 saturated heterocycles. The van der Waals surface area contributed by atoms with E-state index >= 15 is 0 Å². The lowest BCUT2D eigenvalue weighted by Gasteiger charge is -2.13. The van der Waals surface area contributed by atoms with Crippen LogP contribution in [0.5, 0.6) is 0 Å². The van der Waals surface area contributed by atoms with Crippen molar-refractivity contribution in [2.45, 2.75) is 32.2 Å². The molecule has 1 amide bonds. The molecule has 0 fully saturated rings. The second-order valence-corrected chi connectivity index (χ2v) is 4.49. The number of halogens is 1. The van der Waals surface area contributed by atoms with Crippen LogP contribution in [0, 0.1) is 0 Å². The lowest BCUT2D eigenvalue weighted by Crippen LogP contribution is -2.41. The summed E-state index contributed by atoms with van der Waals surface area (Å²) in [5.74, 6) is -1.31. The maximum atomic E-state index is 11.7. The van der Waals surface area contributed by atoms with E-state index in [0.29, 0.717) is 17.9 Å². The van der Waals surface area contributed by atoms with Crippen LogP contribution in [0.3, 0.4) is 0 Å². The van der Waals surface area contributed by atoms with Crippen molar-refractivity contribution >= 4 is 23.5 Å². The molecule has 2 N–H and O–H groups in total. The van der Waals surface area contributed by atoms with Crippen molar-refractivity contribution in [3.8, 4) is 0 Å². The largest absolute Gasteiger partial charge is 0.480 e. The molecule has 5 heteroatoms. The van der Waals surface area contributed by atoms with Gasteiger partial charge in [0.05, 0.1) is 6.42 Å². The van der Waals surface area contributed by atoms with Gasteiger partial charge in [0.2, 0.25) is 5.91 Å². The van der Waals surface area contributed by atoms with Crippen molar-refractivity contribution in [3.05, 3.63) is 34.9 Å². The van der Waals surface area contributed by atoms with Gasteiger partial charge in [-0.05, 0) is 24.1 Å². The van der Waals surface area contributed by atoms with E-state index in [1.54, 1.807) is 24.3 Å². The highest BCUT2D eigenvalue weighted by atomic mass is 35.5. The topological polar surface area (TPSA) is 66.4 Å². The number of benzene rings is 1. The number of nitrogens with one attached hydrogen (secondary N) is 1. The first-order valence-electron chi connectivity index (χ1n) is 5.79. The molecule has 0 heterocycles. The number of carbonyl (C=O) groups is 2. The smallest absolute Gasteiger partial charge is 0.326 e. The number of carboxylic acids is 1. The lowest BCUT2D eigenvalue weighted by atomic mass is 10.1. The molecule has 98 valence electrons. The summed E-state index contributed by atoms with van der Waals surface area (Å²) in [4.78, 5) is 22.6. The van der Waals surface area contributed by atoms with E-state index < -0.39 is 12.0 Å². The number of hydrogen-bond acceptors (Lipinski definition) is 2. The monoisotopic (exact) mass is 269 g/mol. The van der Waals surface area contributed by atoms with Crippen molar-refractivity contribution in [1.82, 2.24) is 5.32 Å². The molecule has 0 radical (unpaired) electrons. The van der Waals surface area contributed by atoms with Crippen LogP contribution in [0.25, 0.3) is 0 Å². The fraction of sp³-hybridized carbons (Fsp3) is 0.385. The fourth-order valence-corrected chi connectivity index (χ4v) is 1.84. The molecule has 0 aliphatic heterocycles.